The first kappa shape index (κ1) is 16.1. The summed E-state index contributed by atoms with van der Waals surface area (Å²) < 4.78 is 11.4. The van der Waals surface area contributed by atoms with E-state index in [1.54, 1.807) is 0 Å². The lowest BCUT2D eigenvalue weighted by Gasteiger charge is -2.19. The van der Waals surface area contributed by atoms with Gasteiger partial charge in [0.25, 0.3) is 5.91 Å². The molecule has 3 heterocycles. The predicted molar refractivity (Wildman–Crippen MR) is 101 cm³/mol. The van der Waals surface area contributed by atoms with E-state index in [-0.39, 0.29) is 5.91 Å². The number of carbonyl (C=O) groups is 1. The van der Waals surface area contributed by atoms with Crippen LogP contribution in [0, 0.1) is 6.92 Å². The van der Waals surface area contributed by atoms with Gasteiger partial charge in [-0.25, -0.2) is 0 Å². The maximum Gasteiger partial charge on any atom is 0.276 e. The van der Waals surface area contributed by atoms with Crippen molar-refractivity contribution in [2.75, 3.05) is 13.1 Å². The summed E-state index contributed by atoms with van der Waals surface area (Å²) >= 11 is 0. The molecule has 2 aliphatic heterocycles. The number of hydrogen-bond donors (Lipinski definition) is 0. The zero-order chi connectivity index (χ0) is 18.4. The van der Waals surface area contributed by atoms with Crippen LogP contribution in [0.3, 0.4) is 0 Å². The fourth-order valence-corrected chi connectivity index (χ4v) is 4.01. The maximum atomic E-state index is 13.1. The number of aryl methyl sites for hydroxylation is 1. The fraction of sp³-hybridized carbons (Fsp3) is 0.273. The highest BCUT2D eigenvalue weighted by Crippen LogP contribution is 2.40. The van der Waals surface area contributed by atoms with Gasteiger partial charge in [-0.3, -0.25) is 4.79 Å². The highest BCUT2D eigenvalue weighted by Gasteiger charge is 2.34. The highest BCUT2D eigenvalue weighted by atomic mass is 16.5. The van der Waals surface area contributed by atoms with Crippen LogP contribution in [-0.4, -0.2) is 29.1 Å². The van der Waals surface area contributed by atoms with E-state index in [0.29, 0.717) is 30.5 Å². The number of likely N-dealkylation sites (tertiary alicyclic amines) is 1. The van der Waals surface area contributed by atoms with Crippen LogP contribution in [0.2, 0.25) is 0 Å². The molecule has 0 aliphatic carbocycles. The smallest absolute Gasteiger partial charge is 0.276 e. The van der Waals surface area contributed by atoms with Gasteiger partial charge in [-0.05, 0) is 31.0 Å². The number of fused-ring (bicyclic) bond motifs is 3. The third-order valence-corrected chi connectivity index (χ3v) is 5.49. The molecule has 1 amide bonds. The second kappa shape index (κ2) is 6.27. The number of benzene rings is 2. The third-order valence-electron chi connectivity index (χ3n) is 5.49. The van der Waals surface area contributed by atoms with Gasteiger partial charge < -0.3 is 14.2 Å². The minimum Gasteiger partial charge on any atom is -0.488 e. The van der Waals surface area contributed by atoms with Gasteiger partial charge in [-0.15, -0.1) is 0 Å². The van der Waals surface area contributed by atoms with Gasteiger partial charge in [0.2, 0.25) is 0 Å². The van der Waals surface area contributed by atoms with Crippen LogP contribution < -0.4 is 4.74 Å². The van der Waals surface area contributed by atoms with Crippen LogP contribution in [0.4, 0.5) is 0 Å². The Labute approximate surface area is 157 Å². The molecule has 1 unspecified atom stereocenters. The molecule has 2 aromatic carbocycles. The molecule has 1 fully saturated rings. The lowest BCUT2D eigenvalue weighted by molar-refractivity contribution is 0.0778. The summed E-state index contributed by atoms with van der Waals surface area (Å²) in [4.78, 5) is 15.0. The van der Waals surface area contributed by atoms with Crippen molar-refractivity contribution in [2.24, 2.45) is 0 Å². The van der Waals surface area contributed by atoms with Crippen LogP contribution in [0.25, 0.3) is 11.3 Å². The molecule has 0 spiro atoms. The Balaban J connectivity index is 1.41. The van der Waals surface area contributed by atoms with Gasteiger partial charge in [-0.2, -0.15) is 0 Å². The van der Waals surface area contributed by atoms with Crippen molar-refractivity contribution < 1.29 is 14.1 Å². The number of hydrogen-bond acceptors (Lipinski definition) is 4. The third kappa shape index (κ3) is 2.70. The van der Waals surface area contributed by atoms with Gasteiger partial charge >= 0.3 is 0 Å². The molecule has 0 radical (unpaired) electrons. The van der Waals surface area contributed by atoms with Crippen molar-refractivity contribution in [1.29, 1.82) is 0 Å². The van der Waals surface area contributed by atoms with Crippen molar-refractivity contribution in [3.8, 4) is 17.1 Å². The molecule has 0 bridgehead atoms. The molecule has 1 aromatic heterocycles. The first-order valence-electron chi connectivity index (χ1n) is 9.27. The van der Waals surface area contributed by atoms with Crippen molar-refractivity contribution in [1.82, 2.24) is 10.1 Å². The Hall–Kier alpha value is -3.08. The van der Waals surface area contributed by atoms with Crippen LogP contribution in [0.1, 0.15) is 39.5 Å². The molecular weight excluding hydrogens is 340 g/mol. The minimum absolute atomic E-state index is 0.0712. The molecule has 5 nitrogen and oxygen atoms in total. The predicted octanol–water partition coefficient (Wildman–Crippen LogP) is 4.17. The number of aromatic nitrogens is 1. The van der Waals surface area contributed by atoms with E-state index in [0.717, 1.165) is 35.4 Å². The van der Waals surface area contributed by atoms with E-state index in [2.05, 4.69) is 17.3 Å². The van der Waals surface area contributed by atoms with E-state index >= 15 is 0 Å². The number of carbonyl (C=O) groups excluding carboxylic acids is 1. The average Bonchev–Trinajstić information content (AvgIpc) is 3.36. The van der Waals surface area contributed by atoms with Crippen molar-refractivity contribution in [3.63, 3.8) is 0 Å². The van der Waals surface area contributed by atoms with Gasteiger partial charge in [0.1, 0.15) is 12.4 Å². The Morgan fingerprint density at radius 1 is 1.19 bits per heavy atom. The number of nitrogens with zero attached hydrogens (tertiary/aromatic N) is 2. The second-order valence-electron chi connectivity index (χ2n) is 7.27. The Morgan fingerprint density at radius 2 is 2.04 bits per heavy atom. The normalized spacial score (nSPS) is 18.0. The number of amides is 1. The van der Waals surface area contributed by atoms with Gasteiger partial charge in [0.15, 0.2) is 11.5 Å². The quantitative estimate of drug-likeness (QED) is 0.688. The zero-order valence-corrected chi connectivity index (χ0v) is 15.1. The molecule has 5 heteroatoms. The standard InChI is InChI=1S/C22H20N2O3/c1-14-7-8-19-17(11-14)21-18(13-26-19)20(23-27-21)22(25)24-10-9-16(12-24)15-5-3-2-4-6-15/h2-8,11,16H,9-10,12-13H2,1H3. The molecule has 136 valence electrons. The lowest BCUT2D eigenvalue weighted by Crippen LogP contribution is -2.29. The summed E-state index contributed by atoms with van der Waals surface area (Å²) in [5.41, 5.74) is 4.39. The molecule has 2 aliphatic rings. The molecule has 5 rings (SSSR count). The van der Waals surface area contributed by atoms with Crippen molar-refractivity contribution >= 4 is 5.91 Å². The van der Waals surface area contributed by atoms with E-state index in [9.17, 15) is 4.79 Å². The Kier molecular flexibility index (Phi) is 3.74. The molecule has 0 N–H and O–H groups in total. The molecule has 1 saturated heterocycles. The maximum absolute atomic E-state index is 13.1. The largest absolute Gasteiger partial charge is 0.488 e. The lowest BCUT2D eigenvalue weighted by atomic mass is 9.99. The first-order chi connectivity index (χ1) is 13.2. The zero-order valence-electron chi connectivity index (χ0n) is 15.1. The van der Waals surface area contributed by atoms with Crippen LogP contribution in [0.15, 0.2) is 53.1 Å². The molecular formula is C22H20N2O3. The fourth-order valence-electron chi connectivity index (χ4n) is 4.01. The Bertz CT molecular complexity index is 1010. The monoisotopic (exact) mass is 360 g/mol. The van der Waals surface area contributed by atoms with E-state index in [1.807, 2.05) is 48.2 Å². The Morgan fingerprint density at radius 3 is 2.89 bits per heavy atom. The van der Waals surface area contributed by atoms with Crippen molar-refractivity contribution in [2.45, 2.75) is 25.9 Å². The van der Waals surface area contributed by atoms with Crippen LogP contribution in [0.5, 0.6) is 5.75 Å². The first-order valence-corrected chi connectivity index (χ1v) is 9.27. The molecule has 0 saturated carbocycles. The van der Waals surface area contributed by atoms with Gasteiger partial charge in [0.05, 0.1) is 11.1 Å². The van der Waals surface area contributed by atoms with Gasteiger partial charge in [-0.1, -0.05) is 47.1 Å². The summed E-state index contributed by atoms with van der Waals surface area (Å²) in [5, 5.41) is 4.12. The van der Waals surface area contributed by atoms with Gasteiger partial charge in [0, 0.05) is 19.0 Å². The second-order valence-corrected chi connectivity index (χ2v) is 7.27. The van der Waals surface area contributed by atoms with Crippen LogP contribution >= 0.6 is 0 Å². The number of rotatable bonds is 2. The topological polar surface area (TPSA) is 55.6 Å². The average molecular weight is 360 g/mol. The van der Waals surface area contributed by atoms with Crippen LogP contribution in [-0.2, 0) is 6.61 Å². The highest BCUT2D eigenvalue weighted by molar-refractivity contribution is 5.96. The minimum atomic E-state index is -0.0712. The van der Waals surface area contributed by atoms with E-state index in [4.69, 9.17) is 9.26 Å². The van der Waals surface area contributed by atoms with Crippen molar-refractivity contribution in [3.05, 3.63) is 70.9 Å². The molecule has 3 aromatic rings. The number of ether oxygens (including phenoxy) is 1. The summed E-state index contributed by atoms with van der Waals surface area (Å²) in [7, 11) is 0. The summed E-state index contributed by atoms with van der Waals surface area (Å²) in [6, 6.07) is 16.3. The molecule has 27 heavy (non-hydrogen) atoms. The van der Waals surface area contributed by atoms with E-state index in [1.165, 1.54) is 5.56 Å². The van der Waals surface area contributed by atoms with E-state index < -0.39 is 0 Å². The molecule has 1 atom stereocenters. The summed E-state index contributed by atoms with van der Waals surface area (Å²) in [5.74, 6) is 1.73. The SMILES string of the molecule is Cc1ccc2c(c1)-c1onc(C(=O)N3CCC(c4ccccc4)C3)c1CO2. The summed E-state index contributed by atoms with van der Waals surface area (Å²) in [6.07, 6.45) is 0.967. The summed E-state index contributed by atoms with van der Waals surface area (Å²) in [6.45, 7) is 3.77.